The number of amides is 1. The summed E-state index contributed by atoms with van der Waals surface area (Å²) >= 11 is 6.46. The number of carbonyl (C=O) groups excluding carboxylic acids is 1. The van der Waals surface area contributed by atoms with E-state index < -0.39 is 0 Å². The molecule has 4 atom stereocenters. The van der Waals surface area contributed by atoms with Gasteiger partial charge in [0.25, 0.3) is 5.91 Å². The van der Waals surface area contributed by atoms with Crippen molar-refractivity contribution in [2.24, 2.45) is 23.7 Å². The first-order valence-corrected chi connectivity index (χ1v) is 14.5. The Morgan fingerprint density at radius 1 is 1.08 bits per heavy atom. The number of hydrogen-bond donors (Lipinski definition) is 2. The van der Waals surface area contributed by atoms with Gasteiger partial charge in [-0.1, -0.05) is 67.9 Å². The monoisotopic (exact) mass is 541 g/mol. The zero-order valence-electron chi connectivity index (χ0n) is 22.6. The van der Waals surface area contributed by atoms with E-state index in [1.807, 2.05) is 42.5 Å². The number of benzene rings is 3. The lowest BCUT2D eigenvalue weighted by Gasteiger charge is -2.31. The van der Waals surface area contributed by atoms with Gasteiger partial charge in [-0.3, -0.25) is 9.89 Å². The fourth-order valence-corrected chi connectivity index (χ4v) is 6.72. The number of aromatic nitrogens is 2. The average Bonchev–Trinajstić information content (AvgIpc) is 3.10. The van der Waals surface area contributed by atoms with Crippen molar-refractivity contribution in [2.45, 2.75) is 45.6 Å². The first-order valence-electron chi connectivity index (χ1n) is 14.2. The van der Waals surface area contributed by atoms with Crippen LogP contribution in [0.25, 0.3) is 22.2 Å². The van der Waals surface area contributed by atoms with E-state index in [0.717, 1.165) is 53.3 Å². The highest BCUT2D eigenvalue weighted by Crippen LogP contribution is 2.39. The molecule has 2 N–H and O–H groups in total. The van der Waals surface area contributed by atoms with E-state index in [2.05, 4.69) is 53.6 Å². The van der Waals surface area contributed by atoms with Crippen molar-refractivity contribution in [3.63, 3.8) is 0 Å². The van der Waals surface area contributed by atoms with Gasteiger partial charge in [-0.15, -0.1) is 0 Å². The molecule has 2 aliphatic heterocycles. The van der Waals surface area contributed by atoms with Crippen LogP contribution in [0.3, 0.4) is 0 Å². The molecule has 2 bridgehead atoms. The number of H-pyrrole nitrogens is 1. The summed E-state index contributed by atoms with van der Waals surface area (Å²) in [5.74, 6) is 2.19. The molecule has 3 heterocycles. The van der Waals surface area contributed by atoms with Gasteiger partial charge in [0.05, 0.1) is 17.3 Å². The van der Waals surface area contributed by atoms with Crippen LogP contribution in [0.5, 0.6) is 0 Å². The summed E-state index contributed by atoms with van der Waals surface area (Å²) in [6, 6.07) is 22.0. The van der Waals surface area contributed by atoms with Gasteiger partial charge in [0, 0.05) is 34.7 Å². The third-order valence-corrected chi connectivity index (χ3v) is 9.02. The number of nitrogens with one attached hydrogen (secondary N) is 2. The molecule has 3 fully saturated rings. The van der Waals surface area contributed by atoms with E-state index in [1.54, 1.807) is 0 Å². The third-order valence-electron chi connectivity index (χ3n) is 8.68. The maximum absolute atomic E-state index is 13.4. The van der Waals surface area contributed by atoms with Crippen LogP contribution in [0, 0.1) is 23.7 Å². The summed E-state index contributed by atoms with van der Waals surface area (Å²) in [5.41, 5.74) is 5.72. The lowest BCUT2D eigenvalue weighted by Crippen LogP contribution is -2.31. The minimum Gasteiger partial charge on any atom is -0.381 e. The average molecular weight is 542 g/mol. The van der Waals surface area contributed by atoms with Gasteiger partial charge in [-0.2, -0.15) is 5.10 Å². The van der Waals surface area contributed by atoms with Gasteiger partial charge in [0.1, 0.15) is 0 Å². The molecular formula is C33H36ClN3O2. The van der Waals surface area contributed by atoms with E-state index >= 15 is 0 Å². The molecule has 39 heavy (non-hydrogen) atoms. The predicted molar refractivity (Wildman–Crippen MR) is 157 cm³/mol. The highest BCUT2D eigenvalue weighted by atomic mass is 35.5. The van der Waals surface area contributed by atoms with Crippen molar-refractivity contribution < 1.29 is 9.53 Å². The number of ether oxygens (including phenoxy) is 1. The molecule has 1 aliphatic carbocycles. The zero-order chi connectivity index (χ0) is 26.9. The number of fused-ring (bicyclic) bond motifs is 5. The molecule has 0 radical (unpaired) electrons. The molecule has 4 unspecified atom stereocenters. The Balaban J connectivity index is 1.21. The molecule has 1 amide bonds. The van der Waals surface area contributed by atoms with Crippen molar-refractivity contribution in [1.82, 2.24) is 15.5 Å². The van der Waals surface area contributed by atoms with Gasteiger partial charge < -0.3 is 10.1 Å². The largest absolute Gasteiger partial charge is 0.381 e. The Hall–Kier alpha value is -3.15. The first-order chi connectivity index (χ1) is 19.0. The van der Waals surface area contributed by atoms with Crippen molar-refractivity contribution in [3.05, 3.63) is 88.4 Å². The normalized spacial score (nSPS) is 21.7. The van der Waals surface area contributed by atoms with Crippen LogP contribution in [-0.4, -0.2) is 29.3 Å². The number of halogens is 1. The van der Waals surface area contributed by atoms with E-state index in [0.29, 0.717) is 22.4 Å². The first kappa shape index (κ1) is 26.1. The molecule has 4 aromatic rings. The Bertz CT molecular complexity index is 1460. The van der Waals surface area contributed by atoms with Crippen molar-refractivity contribution >= 4 is 28.4 Å². The minimum atomic E-state index is -0.187. The van der Waals surface area contributed by atoms with E-state index in [-0.39, 0.29) is 17.9 Å². The molecule has 3 aromatic carbocycles. The van der Waals surface area contributed by atoms with Crippen molar-refractivity contribution in [2.75, 3.05) is 13.2 Å². The number of rotatable bonds is 7. The smallest absolute Gasteiger partial charge is 0.251 e. The second-order valence-electron chi connectivity index (χ2n) is 11.7. The van der Waals surface area contributed by atoms with Crippen LogP contribution in [-0.2, 0) is 11.2 Å². The molecule has 202 valence electrons. The van der Waals surface area contributed by atoms with Crippen LogP contribution < -0.4 is 5.32 Å². The minimum absolute atomic E-state index is 0.125. The molecular weight excluding hydrogens is 506 g/mol. The Morgan fingerprint density at radius 2 is 1.90 bits per heavy atom. The van der Waals surface area contributed by atoms with E-state index in [1.165, 1.54) is 24.8 Å². The highest BCUT2D eigenvalue weighted by molar-refractivity contribution is 6.31. The lowest BCUT2D eigenvalue weighted by atomic mass is 9.73. The summed E-state index contributed by atoms with van der Waals surface area (Å²) in [6.45, 7) is 6.04. The molecule has 1 aromatic heterocycles. The number of aromatic amines is 1. The third kappa shape index (κ3) is 5.48. The molecule has 6 heteroatoms. The maximum atomic E-state index is 13.4. The topological polar surface area (TPSA) is 67.0 Å². The fraction of sp³-hybridized carbons (Fsp3) is 0.394. The Morgan fingerprint density at radius 3 is 2.69 bits per heavy atom. The van der Waals surface area contributed by atoms with Crippen LogP contribution in [0.4, 0.5) is 0 Å². The van der Waals surface area contributed by atoms with Gasteiger partial charge in [-0.05, 0) is 84.7 Å². The fourth-order valence-electron chi connectivity index (χ4n) is 6.46. The summed E-state index contributed by atoms with van der Waals surface area (Å²) in [4.78, 5) is 13.4. The summed E-state index contributed by atoms with van der Waals surface area (Å²) in [5, 5.41) is 12.6. The van der Waals surface area contributed by atoms with Gasteiger partial charge >= 0.3 is 0 Å². The number of nitrogens with zero attached hydrogens (tertiary/aromatic N) is 1. The Kier molecular flexibility index (Phi) is 7.46. The summed E-state index contributed by atoms with van der Waals surface area (Å²) in [6.07, 6.45) is 5.03. The Labute approximate surface area is 235 Å². The predicted octanol–water partition coefficient (Wildman–Crippen LogP) is 7.62. The molecule has 1 saturated carbocycles. The number of hydrogen-bond acceptors (Lipinski definition) is 3. The van der Waals surface area contributed by atoms with Crippen LogP contribution >= 0.6 is 11.6 Å². The molecule has 0 spiro atoms. The van der Waals surface area contributed by atoms with E-state index in [4.69, 9.17) is 16.3 Å². The van der Waals surface area contributed by atoms with Crippen molar-refractivity contribution in [3.8, 4) is 11.3 Å². The molecule has 3 aliphatic rings. The lowest BCUT2D eigenvalue weighted by molar-refractivity contribution is 0.0925. The summed E-state index contributed by atoms with van der Waals surface area (Å²) in [7, 11) is 0. The second-order valence-corrected chi connectivity index (χ2v) is 12.1. The van der Waals surface area contributed by atoms with Crippen LogP contribution in [0.15, 0.2) is 66.7 Å². The quantitative estimate of drug-likeness (QED) is 0.253. The van der Waals surface area contributed by atoms with Crippen LogP contribution in [0.1, 0.15) is 60.6 Å². The standard InChI is InChI=1S/C33H36ClN3O2/c1-20(2)31(27-5-3-4-6-29(27)34)35-33(38)24-13-14-30-28(17-24)32(37-36-30)23-10-7-21(8-11-23)15-26-16-22-9-12-25(26)19-39-18-22/h3-8,10-11,13-14,17,20,22,25-26,31H,9,12,15-16,18-19H2,1-2H3,(H,35,38)(H,36,37). The van der Waals surface area contributed by atoms with Crippen molar-refractivity contribution in [1.29, 1.82) is 0 Å². The zero-order valence-corrected chi connectivity index (χ0v) is 23.4. The van der Waals surface area contributed by atoms with E-state index in [9.17, 15) is 4.79 Å². The molecule has 5 nitrogen and oxygen atoms in total. The summed E-state index contributed by atoms with van der Waals surface area (Å²) < 4.78 is 5.90. The molecule has 2 saturated heterocycles. The van der Waals surface area contributed by atoms with Gasteiger partial charge in [-0.25, -0.2) is 0 Å². The maximum Gasteiger partial charge on any atom is 0.251 e. The van der Waals surface area contributed by atoms with Gasteiger partial charge in [0.2, 0.25) is 0 Å². The highest BCUT2D eigenvalue weighted by Gasteiger charge is 2.33. The second kappa shape index (κ2) is 11.1. The number of carbonyl (C=O) groups is 1. The van der Waals surface area contributed by atoms with Gasteiger partial charge in [0.15, 0.2) is 0 Å². The SMILES string of the molecule is CC(C)C(NC(=O)c1ccc2[nH]nc(-c3ccc(CC4CC5CCC4COC5)cc3)c2c1)c1ccccc1Cl. The molecule has 7 rings (SSSR count). The van der Waals surface area contributed by atoms with Crippen LogP contribution in [0.2, 0.25) is 5.02 Å².